The largest absolute Gasteiger partial charge is 0.134 e. The zero-order valence-corrected chi connectivity index (χ0v) is 17.7. The number of hydrogen-bond donors (Lipinski definition) is 0. The molecule has 0 nitrogen and oxygen atoms in total. The smallest absolute Gasteiger partial charge is 0.0273 e. The van der Waals surface area contributed by atoms with Crippen molar-refractivity contribution in [2.24, 2.45) is 5.92 Å². The number of fused-ring (bicyclic) bond motifs is 1. The summed E-state index contributed by atoms with van der Waals surface area (Å²) in [6, 6.07) is 9.06. The summed E-state index contributed by atoms with van der Waals surface area (Å²) in [5.74, 6) is 1.46. The van der Waals surface area contributed by atoms with Crippen molar-refractivity contribution < 1.29 is 0 Å². The van der Waals surface area contributed by atoms with Gasteiger partial charge >= 0.3 is 0 Å². The lowest BCUT2D eigenvalue weighted by atomic mass is 9.75. The monoisotopic (exact) mass is 362 g/mol. The number of benzene rings is 1. The van der Waals surface area contributed by atoms with Gasteiger partial charge in [0.05, 0.1) is 0 Å². The first-order chi connectivity index (χ1) is 11.6. The zero-order valence-electron chi connectivity index (χ0n) is 16.1. The van der Waals surface area contributed by atoms with E-state index in [0.717, 1.165) is 12.3 Å². The number of thioether (sulfide) groups is 2. The first-order valence-corrected chi connectivity index (χ1v) is 11.6. The topological polar surface area (TPSA) is 0 Å². The molecule has 3 unspecified atom stereocenters. The van der Waals surface area contributed by atoms with Crippen molar-refractivity contribution in [1.29, 1.82) is 0 Å². The third-order valence-corrected chi connectivity index (χ3v) is 8.31. The van der Waals surface area contributed by atoms with Crippen LogP contribution in [0.3, 0.4) is 0 Å². The molecule has 0 saturated carbocycles. The molecule has 134 valence electrons. The van der Waals surface area contributed by atoms with Crippen LogP contribution in [0.2, 0.25) is 0 Å². The van der Waals surface area contributed by atoms with Crippen molar-refractivity contribution in [1.82, 2.24) is 0 Å². The Bertz CT molecular complexity index is 549. The lowest BCUT2D eigenvalue weighted by Crippen LogP contribution is -2.33. The quantitative estimate of drug-likeness (QED) is 0.438. The maximum Gasteiger partial charge on any atom is 0.0273 e. The average molecular weight is 363 g/mol. The van der Waals surface area contributed by atoms with Crippen LogP contribution in [0.4, 0.5) is 0 Å². The second-order valence-corrected chi connectivity index (χ2v) is 9.66. The number of allylic oxidation sites excluding steroid dienone is 2. The van der Waals surface area contributed by atoms with Gasteiger partial charge in [0.25, 0.3) is 0 Å². The van der Waals surface area contributed by atoms with E-state index in [2.05, 4.69) is 76.1 Å². The van der Waals surface area contributed by atoms with Gasteiger partial charge < -0.3 is 0 Å². The summed E-state index contributed by atoms with van der Waals surface area (Å²) in [4.78, 5) is 3.09. The Morgan fingerprint density at radius 3 is 2.67 bits per heavy atom. The van der Waals surface area contributed by atoms with E-state index in [4.69, 9.17) is 0 Å². The Kier molecular flexibility index (Phi) is 7.81. The van der Waals surface area contributed by atoms with Gasteiger partial charge in [0, 0.05) is 9.64 Å². The molecule has 0 aliphatic carbocycles. The molecule has 0 fully saturated rings. The van der Waals surface area contributed by atoms with Crippen LogP contribution in [-0.4, -0.2) is 11.0 Å². The van der Waals surface area contributed by atoms with Crippen LogP contribution in [0.5, 0.6) is 0 Å². The molecular weight excluding hydrogens is 328 g/mol. The molecule has 0 saturated heterocycles. The first kappa shape index (κ1) is 20.0. The molecule has 1 aliphatic heterocycles. The molecule has 2 rings (SSSR count). The highest BCUT2D eigenvalue weighted by atomic mass is 32.2. The van der Waals surface area contributed by atoms with E-state index in [1.54, 1.807) is 10.5 Å². The van der Waals surface area contributed by atoms with Gasteiger partial charge in [-0.2, -0.15) is 0 Å². The molecule has 0 radical (unpaired) electrons. The fourth-order valence-electron chi connectivity index (χ4n) is 4.11. The molecule has 0 bridgehead atoms. The van der Waals surface area contributed by atoms with Crippen LogP contribution in [0.15, 0.2) is 40.1 Å². The Morgan fingerprint density at radius 2 is 2.04 bits per heavy atom. The molecule has 0 spiro atoms. The Labute approximate surface area is 158 Å². The van der Waals surface area contributed by atoms with Gasteiger partial charge in [0.2, 0.25) is 0 Å². The van der Waals surface area contributed by atoms with Crippen LogP contribution in [0.1, 0.15) is 77.7 Å². The van der Waals surface area contributed by atoms with E-state index < -0.39 is 0 Å². The second kappa shape index (κ2) is 9.38. The van der Waals surface area contributed by atoms with Crippen LogP contribution in [0, 0.1) is 5.92 Å². The van der Waals surface area contributed by atoms with Crippen molar-refractivity contribution in [2.75, 3.05) is 6.26 Å². The lowest BCUT2D eigenvalue weighted by molar-refractivity contribution is 0.313. The molecule has 3 atom stereocenters. The number of rotatable bonds is 9. The zero-order chi connectivity index (χ0) is 17.6. The highest BCUT2D eigenvalue weighted by Crippen LogP contribution is 2.58. The SMILES string of the molecule is CC/C=C(/CCCC(CCC)C1(C)Sc2ccccc2C1C)SC. The highest BCUT2D eigenvalue weighted by molar-refractivity contribution is 8.02. The highest BCUT2D eigenvalue weighted by Gasteiger charge is 2.45. The standard InChI is InChI=1S/C22H34S2/c1-6-11-18(13-10-14-19(23-5)12-7-2)22(4)17(3)20-15-8-9-16-21(20)24-22/h8-9,12,15-18H,6-7,10-11,13-14H2,1-5H3/b19-12-. The maximum atomic E-state index is 2.53. The summed E-state index contributed by atoms with van der Waals surface area (Å²) >= 11 is 4.09. The average Bonchev–Trinajstić information content (AvgIpc) is 2.85. The fourth-order valence-corrected chi connectivity index (χ4v) is 6.48. The predicted octanol–water partition coefficient (Wildman–Crippen LogP) is 7.90. The summed E-state index contributed by atoms with van der Waals surface area (Å²) in [5.41, 5.74) is 1.57. The minimum atomic E-state index is 0.355. The van der Waals surface area contributed by atoms with E-state index in [9.17, 15) is 0 Å². The summed E-state index contributed by atoms with van der Waals surface area (Å²) in [6.07, 6.45) is 12.4. The molecular formula is C22H34S2. The maximum absolute atomic E-state index is 2.53. The number of hydrogen-bond acceptors (Lipinski definition) is 2. The summed E-state index contributed by atoms with van der Waals surface area (Å²) in [6.45, 7) is 9.56. The van der Waals surface area contributed by atoms with E-state index in [-0.39, 0.29) is 0 Å². The molecule has 2 heteroatoms. The van der Waals surface area contributed by atoms with Gasteiger partial charge in [-0.3, -0.25) is 0 Å². The molecule has 24 heavy (non-hydrogen) atoms. The summed E-state index contributed by atoms with van der Waals surface area (Å²) < 4.78 is 0.355. The van der Waals surface area contributed by atoms with Gasteiger partial charge in [-0.25, -0.2) is 0 Å². The van der Waals surface area contributed by atoms with Gasteiger partial charge in [-0.1, -0.05) is 51.5 Å². The van der Waals surface area contributed by atoms with E-state index in [1.165, 1.54) is 37.0 Å². The Morgan fingerprint density at radius 1 is 1.29 bits per heavy atom. The minimum absolute atomic E-state index is 0.355. The van der Waals surface area contributed by atoms with E-state index >= 15 is 0 Å². The van der Waals surface area contributed by atoms with Crippen molar-refractivity contribution >= 4 is 23.5 Å². The summed E-state index contributed by atoms with van der Waals surface area (Å²) in [7, 11) is 0. The van der Waals surface area contributed by atoms with Crippen molar-refractivity contribution in [3.63, 3.8) is 0 Å². The third-order valence-electron chi connectivity index (χ3n) is 5.69. The van der Waals surface area contributed by atoms with Crippen LogP contribution >= 0.6 is 23.5 Å². The van der Waals surface area contributed by atoms with Crippen molar-refractivity contribution in [3.8, 4) is 0 Å². The summed E-state index contributed by atoms with van der Waals surface area (Å²) in [5, 5.41) is 0. The molecule has 1 aromatic rings. The molecule has 0 N–H and O–H groups in total. The van der Waals surface area contributed by atoms with Gasteiger partial charge in [0.1, 0.15) is 0 Å². The first-order valence-electron chi connectivity index (χ1n) is 9.57. The molecule has 0 aromatic heterocycles. The van der Waals surface area contributed by atoms with Crippen molar-refractivity contribution in [2.45, 2.75) is 81.8 Å². The van der Waals surface area contributed by atoms with Crippen molar-refractivity contribution in [3.05, 3.63) is 40.8 Å². The predicted molar refractivity (Wildman–Crippen MR) is 113 cm³/mol. The Balaban J connectivity index is 2.06. The van der Waals surface area contributed by atoms with Gasteiger partial charge in [-0.05, 0) is 73.7 Å². The lowest BCUT2D eigenvalue weighted by Gasteiger charge is -2.37. The Hall–Kier alpha value is -0.340. The third kappa shape index (κ3) is 4.43. The fraction of sp³-hybridized carbons (Fsp3) is 0.636. The van der Waals surface area contributed by atoms with Crippen LogP contribution < -0.4 is 0 Å². The molecule has 0 amide bonds. The van der Waals surface area contributed by atoms with Crippen LogP contribution in [0.25, 0.3) is 0 Å². The molecule has 1 aromatic carbocycles. The normalized spacial score (nSPS) is 24.9. The minimum Gasteiger partial charge on any atom is -0.134 e. The van der Waals surface area contributed by atoms with Gasteiger partial charge in [-0.15, -0.1) is 23.5 Å². The molecule has 1 aliphatic rings. The van der Waals surface area contributed by atoms with E-state index in [1.807, 2.05) is 11.8 Å². The molecule has 1 heterocycles. The van der Waals surface area contributed by atoms with Crippen LogP contribution in [-0.2, 0) is 0 Å². The second-order valence-electron chi connectivity index (χ2n) is 7.21. The van der Waals surface area contributed by atoms with E-state index in [0.29, 0.717) is 10.7 Å². The van der Waals surface area contributed by atoms with Gasteiger partial charge in [0.15, 0.2) is 0 Å².